The predicted molar refractivity (Wildman–Crippen MR) is 78.9 cm³/mol. The number of nitrogens with zero attached hydrogens (tertiary/aromatic N) is 2. The Labute approximate surface area is 128 Å². The first-order valence-electron chi connectivity index (χ1n) is 5.23. The van der Waals surface area contributed by atoms with Crippen LogP contribution in [0.15, 0.2) is 28.9 Å². The monoisotopic (exact) mass is 359 g/mol. The summed E-state index contributed by atoms with van der Waals surface area (Å²) in [5, 5.41) is 3.05. The smallest absolute Gasteiger partial charge is 0.258 e. The molecule has 98 valence electrons. The molecule has 7 heteroatoms. The van der Waals surface area contributed by atoms with Gasteiger partial charge in [-0.2, -0.15) is 0 Å². The summed E-state index contributed by atoms with van der Waals surface area (Å²) in [7, 11) is 0. The van der Waals surface area contributed by atoms with Crippen molar-refractivity contribution in [1.29, 1.82) is 0 Å². The number of aromatic nitrogens is 2. The van der Waals surface area contributed by atoms with Gasteiger partial charge in [-0.1, -0.05) is 23.2 Å². The first kappa shape index (κ1) is 14.2. The van der Waals surface area contributed by atoms with Gasteiger partial charge in [-0.15, -0.1) is 0 Å². The molecule has 1 N–H and O–H groups in total. The Morgan fingerprint density at radius 1 is 1.37 bits per heavy atom. The summed E-state index contributed by atoms with van der Waals surface area (Å²) in [5.74, 6) is 0.108. The molecule has 2 rings (SSSR count). The van der Waals surface area contributed by atoms with Crippen molar-refractivity contribution >= 4 is 50.9 Å². The van der Waals surface area contributed by atoms with Gasteiger partial charge >= 0.3 is 0 Å². The highest BCUT2D eigenvalue weighted by atomic mass is 79.9. The minimum atomic E-state index is -0.347. The van der Waals surface area contributed by atoms with E-state index >= 15 is 0 Å². The van der Waals surface area contributed by atoms with Crippen LogP contribution < -0.4 is 5.32 Å². The Kier molecular flexibility index (Phi) is 4.39. The van der Waals surface area contributed by atoms with Crippen molar-refractivity contribution in [3.05, 3.63) is 50.3 Å². The summed E-state index contributed by atoms with van der Waals surface area (Å²) in [6.07, 6.45) is 1.36. The third-order valence-corrected chi connectivity index (χ3v) is 3.85. The van der Waals surface area contributed by atoms with Gasteiger partial charge < -0.3 is 5.32 Å². The van der Waals surface area contributed by atoms with Crippen LogP contribution in [0.25, 0.3) is 0 Å². The number of rotatable bonds is 2. The number of carbonyl (C=O) groups excluding carboxylic acids is 1. The summed E-state index contributed by atoms with van der Waals surface area (Å²) < 4.78 is 0.877. The topological polar surface area (TPSA) is 54.9 Å². The lowest BCUT2D eigenvalue weighted by atomic mass is 10.2. The standard InChI is InChI=1S/C12H8BrCl2N3O/c1-6-8(13)2-3-10(17-6)18-12(19)7-4-9(14)11(15)16-5-7/h2-5H,1H3,(H,17,18,19). The van der Waals surface area contributed by atoms with E-state index in [-0.39, 0.29) is 16.1 Å². The average Bonchev–Trinajstić information content (AvgIpc) is 2.37. The van der Waals surface area contributed by atoms with Gasteiger partial charge in [-0.05, 0) is 41.1 Å². The zero-order chi connectivity index (χ0) is 14.0. The molecule has 0 unspecified atom stereocenters. The lowest BCUT2D eigenvalue weighted by Gasteiger charge is -2.06. The van der Waals surface area contributed by atoms with Crippen LogP contribution in [-0.2, 0) is 0 Å². The lowest BCUT2D eigenvalue weighted by Crippen LogP contribution is -2.13. The molecule has 0 saturated carbocycles. The van der Waals surface area contributed by atoms with Crippen molar-refractivity contribution in [2.45, 2.75) is 6.92 Å². The van der Waals surface area contributed by atoms with Crippen molar-refractivity contribution in [3.63, 3.8) is 0 Å². The fraction of sp³-hybridized carbons (Fsp3) is 0.0833. The number of aryl methyl sites for hydroxylation is 1. The highest BCUT2D eigenvalue weighted by Gasteiger charge is 2.10. The molecule has 4 nitrogen and oxygen atoms in total. The van der Waals surface area contributed by atoms with Crippen LogP contribution in [0, 0.1) is 6.92 Å². The van der Waals surface area contributed by atoms with Gasteiger partial charge in [0.15, 0.2) is 0 Å². The van der Waals surface area contributed by atoms with E-state index < -0.39 is 0 Å². The largest absolute Gasteiger partial charge is 0.307 e. The number of pyridine rings is 2. The first-order chi connectivity index (χ1) is 8.97. The van der Waals surface area contributed by atoms with Crippen molar-refractivity contribution in [3.8, 4) is 0 Å². The van der Waals surface area contributed by atoms with Gasteiger partial charge in [0.1, 0.15) is 11.0 Å². The number of hydrogen-bond donors (Lipinski definition) is 1. The van der Waals surface area contributed by atoms with Crippen LogP contribution in [0.1, 0.15) is 16.1 Å². The Bertz CT molecular complexity index is 649. The molecule has 0 atom stereocenters. The highest BCUT2D eigenvalue weighted by Crippen LogP contribution is 2.21. The molecule has 2 heterocycles. The molecule has 0 radical (unpaired) electrons. The van der Waals surface area contributed by atoms with Gasteiger partial charge in [0, 0.05) is 10.7 Å². The molecule has 0 aromatic carbocycles. The maximum absolute atomic E-state index is 12.0. The molecular weight excluding hydrogens is 353 g/mol. The molecule has 1 amide bonds. The molecule has 0 saturated heterocycles. The first-order valence-corrected chi connectivity index (χ1v) is 6.78. The third kappa shape index (κ3) is 3.43. The summed E-state index contributed by atoms with van der Waals surface area (Å²) in [4.78, 5) is 20.0. The van der Waals surface area contributed by atoms with Crippen LogP contribution in [0.5, 0.6) is 0 Å². The van der Waals surface area contributed by atoms with Crippen LogP contribution >= 0.6 is 39.1 Å². The minimum absolute atomic E-state index is 0.163. The second kappa shape index (κ2) is 5.86. The summed E-state index contributed by atoms with van der Waals surface area (Å²) in [6, 6.07) is 4.96. The molecule has 2 aromatic rings. The minimum Gasteiger partial charge on any atom is -0.307 e. The number of hydrogen-bond acceptors (Lipinski definition) is 3. The summed E-state index contributed by atoms with van der Waals surface area (Å²) >= 11 is 14.8. The highest BCUT2D eigenvalue weighted by molar-refractivity contribution is 9.10. The maximum atomic E-state index is 12.0. The normalized spacial score (nSPS) is 10.3. The van der Waals surface area contributed by atoms with E-state index in [1.807, 2.05) is 13.0 Å². The molecule has 0 aliphatic heterocycles. The predicted octanol–water partition coefficient (Wildman–Crippen LogP) is 4.11. The second-order valence-corrected chi connectivity index (χ2v) is 5.33. The van der Waals surface area contributed by atoms with Crippen LogP contribution in [0.3, 0.4) is 0 Å². The maximum Gasteiger partial charge on any atom is 0.258 e. The third-order valence-electron chi connectivity index (χ3n) is 2.32. The van der Waals surface area contributed by atoms with Crippen molar-refractivity contribution in [2.24, 2.45) is 0 Å². The van der Waals surface area contributed by atoms with E-state index in [0.29, 0.717) is 11.4 Å². The van der Waals surface area contributed by atoms with E-state index in [1.165, 1.54) is 12.3 Å². The van der Waals surface area contributed by atoms with E-state index in [2.05, 4.69) is 31.2 Å². The van der Waals surface area contributed by atoms with Crippen molar-refractivity contribution in [1.82, 2.24) is 9.97 Å². The van der Waals surface area contributed by atoms with E-state index in [9.17, 15) is 4.79 Å². The zero-order valence-electron chi connectivity index (χ0n) is 9.75. The Balaban J connectivity index is 2.20. The van der Waals surface area contributed by atoms with Crippen LogP contribution in [0.4, 0.5) is 5.82 Å². The van der Waals surface area contributed by atoms with Gasteiger partial charge in [0.25, 0.3) is 5.91 Å². The molecule has 0 fully saturated rings. The molecular formula is C12H8BrCl2N3O. The van der Waals surface area contributed by atoms with Gasteiger partial charge in [0.2, 0.25) is 0 Å². The number of nitrogens with one attached hydrogen (secondary N) is 1. The van der Waals surface area contributed by atoms with Gasteiger partial charge in [-0.25, -0.2) is 9.97 Å². The SMILES string of the molecule is Cc1nc(NC(=O)c2cnc(Cl)c(Cl)c2)ccc1Br. The number of halogens is 3. The summed E-state index contributed by atoms with van der Waals surface area (Å²) in [6.45, 7) is 1.83. The number of amides is 1. The van der Waals surface area contributed by atoms with E-state index in [1.54, 1.807) is 6.07 Å². The number of anilines is 1. The van der Waals surface area contributed by atoms with Gasteiger partial charge in [0.05, 0.1) is 16.3 Å². The van der Waals surface area contributed by atoms with Crippen LogP contribution in [-0.4, -0.2) is 15.9 Å². The molecule has 0 aliphatic carbocycles. The molecule has 0 spiro atoms. The fourth-order valence-corrected chi connectivity index (χ4v) is 1.84. The zero-order valence-corrected chi connectivity index (χ0v) is 12.8. The Morgan fingerprint density at radius 3 is 2.74 bits per heavy atom. The van der Waals surface area contributed by atoms with Crippen molar-refractivity contribution in [2.75, 3.05) is 5.32 Å². The fourth-order valence-electron chi connectivity index (χ4n) is 1.35. The Hall–Kier alpha value is -1.17. The Morgan fingerprint density at radius 2 is 2.11 bits per heavy atom. The molecule has 0 bridgehead atoms. The molecule has 2 aromatic heterocycles. The second-order valence-electron chi connectivity index (χ2n) is 3.71. The number of carbonyl (C=O) groups is 1. The lowest BCUT2D eigenvalue weighted by molar-refractivity contribution is 0.102. The van der Waals surface area contributed by atoms with Crippen LogP contribution in [0.2, 0.25) is 10.2 Å². The average molecular weight is 361 g/mol. The summed E-state index contributed by atoms with van der Waals surface area (Å²) in [5.41, 5.74) is 1.10. The molecule has 0 aliphatic rings. The quantitative estimate of drug-likeness (QED) is 0.820. The van der Waals surface area contributed by atoms with Crippen molar-refractivity contribution < 1.29 is 4.79 Å². The van der Waals surface area contributed by atoms with E-state index in [4.69, 9.17) is 23.2 Å². The van der Waals surface area contributed by atoms with E-state index in [0.717, 1.165) is 10.2 Å². The van der Waals surface area contributed by atoms with Gasteiger partial charge in [-0.3, -0.25) is 4.79 Å². The molecule has 19 heavy (non-hydrogen) atoms.